The largest absolute Gasteiger partial charge is 0.465 e. The van der Waals surface area contributed by atoms with E-state index in [1.807, 2.05) is 0 Å². The van der Waals surface area contributed by atoms with E-state index in [4.69, 9.17) is 0 Å². The van der Waals surface area contributed by atoms with Crippen molar-refractivity contribution >= 4 is 15.8 Å². The second-order valence-electron chi connectivity index (χ2n) is 4.59. The molecule has 0 amide bonds. The van der Waals surface area contributed by atoms with Gasteiger partial charge in [-0.05, 0) is 30.7 Å². The number of carbonyl (C=O) groups is 1. The summed E-state index contributed by atoms with van der Waals surface area (Å²) in [6.45, 7) is 1.59. The maximum atomic E-state index is 12.1. The Bertz CT molecular complexity index is 783. The van der Waals surface area contributed by atoms with Gasteiger partial charge in [0, 0.05) is 18.0 Å². The third kappa shape index (κ3) is 2.95. The van der Waals surface area contributed by atoms with Crippen LogP contribution in [-0.4, -0.2) is 32.7 Å². The van der Waals surface area contributed by atoms with Gasteiger partial charge in [-0.3, -0.25) is 4.98 Å². The van der Waals surface area contributed by atoms with E-state index in [-0.39, 0.29) is 10.5 Å². The standard InChI is InChI=1S/C15H15NO4S/c1-10-11(15(17)20-2)7-8-12(14(10)21(3,18)19)13-6-4-5-9-16-13/h4-9H,1-3H3. The van der Waals surface area contributed by atoms with E-state index < -0.39 is 15.8 Å². The number of hydrogen-bond acceptors (Lipinski definition) is 5. The number of methoxy groups -OCH3 is 1. The summed E-state index contributed by atoms with van der Waals surface area (Å²) < 4.78 is 28.9. The molecule has 0 spiro atoms. The van der Waals surface area contributed by atoms with Gasteiger partial charge in [-0.15, -0.1) is 0 Å². The fraction of sp³-hybridized carbons (Fsp3) is 0.200. The predicted molar refractivity (Wildman–Crippen MR) is 78.9 cm³/mol. The van der Waals surface area contributed by atoms with Crippen LogP contribution >= 0.6 is 0 Å². The first-order valence-electron chi connectivity index (χ1n) is 6.19. The smallest absolute Gasteiger partial charge is 0.338 e. The average Bonchev–Trinajstić information content (AvgIpc) is 2.45. The third-order valence-corrected chi connectivity index (χ3v) is 4.39. The molecule has 0 atom stereocenters. The van der Waals surface area contributed by atoms with Crippen molar-refractivity contribution in [1.82, 2.24) is 4.98 Å². The lowest BCUT2D eigenvalue weighted by Crippen LogP contribution is -2.10. The van der Waals surface area contributed by atoms with Gasteiger partial charge in [-0.25, -0.2) is 13.2 Å². The zero-order valence-corrected chi connectivity index (χ0v) is 12.8. The Morgan fingerprint density at radius 1 is 1.19 bits per heavy atom. The van der Waals surface area contributed by atoms with Gasteiger partial charge >= 0.3 is 5.97 Å². The minimum absolute atomic E-state index is 0.101. The van der Waals surface area contributed by atoms with E-state index in [0.29, 0.717) is 16.8 Å². The van der Waals surface area contributed by atoms with Crippen LogP contribution in [0.3, 0.4) is 0 Å². The Labute approximate surface area is 123 Å². The highest BCUT2D eigenvalue weighted by Crippen LogP contribution is 2.31. The van der Waals surface area contributed by atoms with Crippen LogP contribution in [0.2, 0.25) is 0 Å². The number of carbonyl (C=O) groups excluding carboxylic acids is 1. The van der Waals surface area contributed by atoms with Gasteiger partial charge in [-0.1, -0.05) is 12.1 Å². The number of pyridine rings is 1. The Kier molecular flexibility index (Phi) is 4.09. The summed E-state index contributed by atoms with van der Waals surface area (Å²) in [5.41, 5.74) is 1.62. The molecule has 21 heavy (non-hydrogen) atoms. The normalized spacial score (nSPS) is 11.2. The van der Waals surface area contributed by atoms with E-state index in [9.17, 15) is 13.2 Å². The average molecular weight is 305 g/mol. The Morgan fingerprint density at radius 3 is 2.43 bits per heavy atom. The van der Waals surface area contributed by atoms with Crippen molar-refractivity contribution < 1.29 is 17.9 Å². The number of ether oxygens (including phenoxy) is 1. The molecule has 2 aromatic rings. The van der Waals surface area contributed by atoms with Crippen LogP contribution in [-0.2, 0) is 14.6 Å². The molecular formula is C15H15NO4S. The molecule has 0 aliphatic carbocycles. The molecule has 110 valence electrons. The molecule has 0 aliphatic heterocycles. The lowest BCUT2D eigenvalue weighted by atomic mass is 10.0. The minimum Gasteiger partial charge on any atom is -0.465 e. The fourth-order valence-electron chi connectivity index (χ4n) is 2.22. The molecule has 0 fully saturated rings. The monoisotopic (exact) mass is 305 g/mol. The summed E-state index contributed by atoms with van der Waals surface area (Å²) >= 11 is 0. The molecule has 0 bridgehead atoms. The maximum absolute atomic E-state index is 12.1. The van der Waals surface area contributed by atoms with Crippen molar-refractivity contribution in [1.29, 1.82) is 0 Å². The van der Waals surface area contributed by atoms with Gasteiger partial charge in [0.25, 0.3) is 0 Å². The number of hydrogen-bond donors (Lipinski definition) is 0. The molecular weight excluding hydrogens is 290 g/mol. The molecule has 0 saturated heterocycles. The van der Waals surface area contributed by atoms with Crippen LogP contribution in [0.25, 0.3) is 11.3 Å². The van der Waals surface area contributed by atoms with E-state index in [2.05, 4.69) is 9.72 Å². The second-order valence-corrected chi connectivity index (χ2v) is 6.55. The molecule has 0 N–H and O–H groups in total. The maximum Gasteiger partial charge on any atom is 0.338 e. The highest BCUT2D eigenvalue weighted by atomic mass is 32.2. The topological polar surface area (TPSA) is 73.3 Å². The number of aromatic nitrogens is 1. The van der Waals surface area contributed by atoms with Crippen LogP contribution in [0, 0.1) is 6.92 Å². The van der Waals surface area contributed by atoms with Crippen LogP contribution in [0.1, 0.15) is 15.9 Å². The first kappa shape index (κ1) is 15.2. The lowest BCUT2D eigenvalue weighted by Gasteiger charge is -2.13. The molecule has 0 unspecified atom stereocenters. The van der Waals surface area contributed by atoms with Gasteiger partial charge in [-0.2, -0.15) is 0 Å². The second kappa shape index (κ2) is 5.65. The van der Waals surface area contributed by atoms with Crippen LogP contribution in [0.5, 0.6) is 0 Å². The van der Waals surface area contributed by atoms with Crippen molar-refractivity contribution in [2.24, 2.45) is 0 Å². The van der Waals surface area contributed by atoms with Crippen LogP contribution in [0.15, 0.2) is 41.4 Å². The van der Waals surface area contributed by atoms with Crippen molar-refractivity contribution in [2.45, 2.75) is 11.8 Å². The summed E-state index contributed by atoms with van der Waals surface area (Å²) in [4.78, 5) is 16.0. The van der Waals surface area contributed by atoms with Gasteiger partial charge < -0.3 is 4.74 Å². The summed E-state index contributed by atoms with van der Waals surface area (Å²) in [7, 11) is -2.27. The Morgan fingerprint density at radius 2 is 1.90 bits per heavy atom. The highest BCUT2D eigenvalue weighted by Gasteiger charge is 2.23. The first-order valence-corrected chi connectivity index (χ1v) is 8.08. The zero-order valence-electron chi connectivity index (χ0n) is 12.0. The fourth-order valence-corrected chi connectivity index (χ4v) is 3.46. The van der Waals surface area contributed by atoms with E-state index in [1.54, 1.807) is 43.5 Å². The van der Waals surface area contributed by atoms with E-state index in [0.717, 1.165) is 6.26 Å². The van der Waals surface area contributed by atoms with Gasteiger partial charge in [0.15, 0.2) is 9.84 Å². The molecule has 1 aromatic heterocycles. The van der Waals surface area contributed by atoms with Crippen LogP contribution < -0.4 is 0 Å². The summed E-state index contributed by atoms with van der Waals surface area (Å²) in [5.74, 6) is -0.565. The molecule has 0 aliphatic rings. The molecule has 0 saturated carbocycles. The number of benzene rings is 1. The molecule has 1 heterocycles. The van der Waals surface area contributed by atoms with Gasteiger partial charge in [0.1, 0.15) is 0 Å². The Balaban J connectivity index is 2.80. The van der Waals surface area contributed by atoms with Crippen molar-refractivity contribution in [3.8, 4) is 11.3 Å². The first-order chi connectivity index (χ1) is 9.86. The number of rotatable bonds is 3. The minimum atomic E-state index is -3.52. The van der Waals surface area contributed by atoms with Crippen molar-refractivity contribution in [3.05, 3.63) is 47.7 Å². The van der Waals surface area contributed by atoms with Gasteiger partial charge in [0.2, 0.25) is 0 Å². The number of nitrogens with zero attached hydrogens (tertiary/aromatic N) is 1. The quantitative estimate of drug-likeness (QED) is 0.813. The third-order valence-electron chi connectivity index (χ3n) is 3.12. The van der Waals surface area contributed by atoms with Gasteiger partial charge in [0.05, 0.1) is 23.3 Å². The number of sulfone groups is 1. The zero-order chi connectivity index (χ0) is 15.6. The molecule has 6 heteroatoms. The van der Waals surface area contributed by atoms with E-state index >= 15 is 0 Å². The summed E-state index contributed by atoms with van der Waals surface area (Å²) in [6.07, 6.45) is 2.70. The summed E-state index contributed by atoms with van der Waals surface area (Å²) in [5, 5.41) is 0. The van der Waals surface area contributed by atoms with Crippen LogP contribution in [0.4, 0.5) is 0 Å². The predicted octanol–water partition coefficient (Wildman–Crippen LogP) is 2.25. The highest BCUT2D eigenvalue weighted by molar-refractivity contribution is 7.90. The molecule has 0 radical (unpaired) electrons. The number of esters is 1. The summed E-state index contributed by atoms with van der Waals surface area (Å²) in [6, 6.07) is 8.39. The molecule has 2 rings (SSSR count). The molecule has 5 nitrogen and oxygen atoms in total. The van der Waals surface area contributed by atoms with E-state index in [1.165, 1.54) is 7.11 Å². The SMILES string of the molecule is COC(=O)c1ccc(-c2ccccn2)c(S(C)(=O)=O)c1C. The molecule has 1 aromatic carbocycles. The lowest BCUT2D eigenvalue weighted by molar-refractivity contribution is 0.0599. The van der Waals surface area contributed by atoms with Crippen molar-refractivity contribution in [2.75, 3.05) is 13.4 Å². The van der Waals surface area contributed by atoms with Crippen molar-refractivity contribution in [3.63, 3.8) is 0 Å². The Hall–Kier alpha value is -2.21.